The summed E-state index contributed by atoms with van der Waals surface area (Å²) >= 11 is 0. The molecule has 2 fully saturated rings. The number of rotatable bonds is 5. The van der Waals surface area contributed by atoms with Crippen LogP contribution in [-0.2, 0) is 16.1 Å². The molecule has 2 aromatic rings. The minimum Gasteiger partial charge on any atom is -0.343 e. The van der Waals surface area contributed by atoms with Gasteiger partial charge in [-0.1, -0.05) is 25.3 Å². The number of hydrogen-bond donors (Lipinski definition) is 2. The zero-order chi connectivity index (χ0) is 23.7. The van der Waals surface area contributed by atoms with Crippen LogP contribution in [-0.4, -0.2) is 39.6 Å². The van der Waals surface area contributed by atoms with Crippen LogP contribution in [0.1, 0.15) is 83.0 Å². The van der Waals surface area contributed by atoms with Crippen molar-refractivity contribution in [3.05, 3.63) is 65.0 Å². The predicted octanol–water partition coefficient (Wildman–Crippen LogP) is 2.89. The molecule has 3 aliphatic rings. The van der Waals surface area contributed by atoms with Crippen molar-refractivity contribution in [1.29, 1.82) is 0 Å². The highest BCUT2D eigenvalue weighted by atomic mass is 16.2. The van der Waals surface area contributed by atoms with Crippen molar-refractivity contribution < 1.29 is 19.2 Å². The molecule has 1 aromatic heterocycles. The maximum atomic E-state index is 13.3. The molecule has 0 radical (unpaired) electrons. The Morgan fingerprint density at radius 1 is 1.06 bits per heavy atom. The molecule has 8 nitrogen and oxygen atoms in total. The number of fused-ring (bicyclic) bond motifs is 1. The maximum absolute atomic E-state index is 13.3. The normalized spacial score (nSPS) is 21.7. The number of nitrogens with one attached hydrogen (secondary N) is 2. The summed E-state index contributed by atoms with van der Waals surface area (Å²) in [4.78, 5) is 56.0. The number of carbonyl (C=O) groups is 4. The lowest BCUT2D eigenvalue weighted by Gasteiger charge is -2.30. The molecule has 1 saturated carbocycles. The zero-order valence-electron chi connectivity index (χ0n) is 19.0. The van der Waals surface area contributed by atoms with Crippen LogP contribution in [0.4, 0.5) is 0 Å². The van der Waals surface area contributed by atoms with Crippen molar-refractivity contribution in [3.8, 4) is 0 Å². The van der Waals surface area contributed by atoms with Gasteiger partial charge in [0.1, 0.15) is 6.04 Å². The van der Waals surface area contributed by atoms with E-state index < -0.39 is 11.9 Å². The van der Waals surface area contributed by atoms with Crippen molar-refractivity contribution in [3.63, 3.8) is 0 Å². The summed E-state index contributed by atoms with van der Waals surface area (Å²) in [5.41, 5.74) is 2.56. The number of amides is 4. The highest BCUT2D eigenvalue weighted by Crippen LogP contribution is 2.34. The number of benzene rings is 1. The van der Waals surface area contributed by atoms with Crippen LogP contribution in [0.2, 0.25) is 0 Å². The average Bonchev–Trinajstić information content (AvgIpc) is 3.19. The SMILES string of the molecule is O=C1CCC(N2Cc3cc(C(=O)N[C@H](c4ccccn4)C4CCCCC4)ccc3C2=O)C(=O)N1. The van der Waals surface area contributed by atoms with Crippen LogP contribution in [0, 0.1) is 5.92 Å². The highest BCUT2D eigenvalue weighted by Gasteiger charge is 2.39. The van der Waals surface area contributed by atoms with E-state index in [4.69, 9.17) is 0 Å². The second-order valence-corrected chi connectivity index (χ2v) is 9.38. The van der Waals surface area contributed by atoms with Gasteiger partial charge in [-0.3, -0.25) is 29.5 Å². The van der Waals surface area contributed by atoms with Gasteiger partial charge in [-0.05, 0) is 61.1 Å². The van der Waals surface area contributed by atoms with Crippen LogP contribution in [0.5, 0.6) is 0 Å². The Balaban J connectivity index is 1.34. The summed E-state index contributed by atoms with van der Waals surface area (Å²) in [5, 5.41) is 5.52. The standard InChI is InChI=1S/C26H28N4O4/c31-22-12-11-21(25(33)28-22)30-15-18-14-17(9-10-19(18)26(30)34)24(32)29-23(16-6-2-1-3-7-16)20-8-4-5-13-27-20/h4-5,8-10,13-14,16,21,23H,1-3,6-7,11-12,15H2,(H,29,32)(H,28,31,33)/t21?,23-/m0/s1. The van der Waals surface area contributed by atoms with Crippen molar-refractivity contribution in [2.75, 3.05) is 0 Å². The van der Waals surface area contributed by atoms with Crippen molar-refractivity contribution in [1.82, 2.24) is 20.5 Å². The molecule has 34 heavy (non-hydrogen) atoms. The van der Waals surface area contributed by atoms with E-state index in [0.29, 0.717) is 23.5 Å². The summed E-state index contributed by atoms with van der Waals surface area (Å²) in [6.45, 7) is 0.244. The van der Waals surface area contributed by atoms with E-state index >= 15 is 0 Å². The molecule has 176 valence electrons. The van der Waals surface area contributed by atoms with Crippen LogP contribution in [0.15, 0.2) is 42.6 Å². The first-order valence-corrected chi connectivity index (χ1v) is 12.0. The van der Waals surface area contributed by atoms with Gasteiger partial charge in [0.25, 0.3) is 11.8 Å². The van der Waals surface area contributed by atoms with Crippen molar-refractivity contribution in [2.45, 2.75) is 63.6 Å². The molecule has 1 aromatic carbocycles. The van der Waals surface area contributed by atoms with E-state index in [1.54, 1.807) is 24.4 Å². The van der Waals surface area contributed by atoms with Gasteiger partial charge in [-0.15, -0.1) is 0 Å². The molecule has 1 unspecified atom stereocenters. The summed E-state index contributed by atoms with van der Waals surface area (Å²) in [6.07, 6.45) is 7.92. The fourth-order valence-electron chi connectivity index (χ4n) is 5.40. The van der Waals surface area contributed by atoms with E-state index in [1.165, 1.54) is 11.3 Å². The van der Waals surface area contributed by atoms with Gasteiger partial charge >= 0.3 is 0 Å². The first-order valence-electron chi connectivity index (χ1n) is 12.0. The maximum Gasteiger partial charge on any atom is 0.255 e. The van der Waals surface area contributed by atoms with E-state index in [1.807, 2.05) is 18.2 Å². The van der Waals surface area contributed by atoms with Crippen molar-refractivity contribution >= 4 is 23.6 Å². The van der Waals surface area contributed by atoms with Gasteiger partial charge in [0, 0.05) is 30.3 Å². The Hall–Kier alpha value is -3.55. The second kappa shape index (κ2) is 9.37. The number of carbonyl (C=O) groups excluding carboxylic acids is 4. The molecular formula is C26H28N4O4. The fraction of sp³-hybridized carbons (Fsp3) is 0.423. The summed E-state index contributed by atoms with van der Waals surface area (Å²) < 4.78 is 0. The molecule has 0 bridgehead atoms. The van der Waals surface area contributed by atoms with Crippen LogP contribution >= 0.6 is 0 Å². The Morgan fingerprint density at radius 2 is 1.88 bits per heavy atom. The highest BCUT2D eigenvalue weighted by molar-refractivity contribution is 6.06. The molecule has 3 heterocycles. The smallest absolute Gasteiger partial charge is 0.255 e. The fourth-order valence-corrected chi connectivity index (χ4v) is 5.40. The lowest BCUT2D eigenvalue weighted by molar-refractivity contribution is -0.136. The second-order valence-electron chi connectivity index (χ2n) is 9.38. The minimum atomic E-state index is -0.672. The summed E-state index contributed by atoms with van der Waals surface area (Å²) in [5.74, 6) is -0.863. The van der Waals surface area contributed by atoms with Gasteiger partial charge in [-0.2, -0.15) is 0 Å². The Morgan fingerprint density at radius 3 is 2.62 bits per heavy atom. The molecule has 1 aliphatic carbocycles. The number of hydrogen-bond acceptors (Lipinski definition) is 5. The molecule has 8 heteroatoms. The van der Waals surface area contributed by atoms with Gasteiger partial charge in [-0.25, -0.2) is 0 Å². The monoisotopic (exact) mass is 460 g/mol. The number of pyridine rings is 1. The van der Waals surface area contributed by atoms with E-state index in [-0.39, 0.29) is 36.7 Å². The third kappa shape index (κ3) is 4.32. The molecule has 4 amide bonds. The molecule has 2 aliphatic heterocycles. The Bertz CT molecular complexity index is 1130. The van der Waals surface area contributed by atoms with Crippen molar-refractivity contribution in [2.24, 2.45) is 5.92 Å². The van der Waals surface area contributed by atoms with Crippen LogP contribution < -0.4 is 10.6 Å². The first-order chi connectivity index (χ1) is 16.5. The minimum absolute atomic E-state index is 0.163. The number of imide groups is 1. The Labute approximate surface area is 198 Å². The Kier molecular flexibility index (Phi) is 6.13. The number of piperidine rings is 1. The third-order valence-electron chi connectivity index (χ3n) is 7.20. The van der Waals surface area contributed by atoms with E-state index in [9.17, 15) is 19.2 Å². The van der Waals surface area contributed by atoms with Crippen LogP contribution in [0.3, 0.4) is 0 Å². The molecule has 1 saturated heterocycles. The van der Waals surface area contributed by atoms with Gasteiger partial charge in [0.05, 0.1) is 11.7 Å². The molecule has 2 N–H and O–H groups in total. The molecule has 2 atom stereocenters. The quantitative estimate of drug-likeness (QED) is 0.667. The molecule has 0 spiro atoms. The lowest BCUT2D eigenvalue weighted by Crippen LogP contribution is -2.52. The van der Waals surface area contributed by atoms with Crippen LogP contribution in [0.25, 0.3) is 0 Å². The number of aromatic nitrogens is 1. The van der Waals surface area contributed by atoms with E-state index in [2.05, 4.69) is 15.6 Å². The molecular weight excluding hydrogens is 432 g/mol. The largest absolute Gasteiger partial charge is 0.343 e. The molecule has 5 rings (SSSR count). The summed E-state index contributed by atoms with van der Waals surface area (Å²) in [7, 11) is 0. The lowest BCUT2D eigenvalue weighted by atomic mass is 9.82. The first kappa shape index (κ1) is 22.3. The topological polar surface area (TPSA) is 108 Å². The predicted molar refractivity (Wildman–Crippen MR) is 124 cm³/mol. The summed E-state index contributed by atoms with van der Waals surface area (Å²) in [6, 6.07) is 10.00. The van der Waals surface area contributed by atoms with Gasteiger partial charge in [0.15, 0.2) is 0 Å². The third-order valence-corrected chi connectivity index (χ3v) is 7.20. The average molecular weight is 461 g/mol. The number of nitrogens with zero attached hydrogens (tertiary/aromatic N) is 2. The van der Waals surface area contributed by atoms with Gasteiger partial charge in [0.2, 0.25) is 11.8 Å². The zero-order valence-corrected chi connectivity index (χ0v) is 19.0. The van der Waals surface area contributed by atoms with Gasteiger partial charge < -0.3 is 10.2 Å². The van der Waals surface area contributed by atoms with E-state index in [0.717, 1.165) is 36.9 Å².